The van der Waals surface area contributed by atoms with E-state index >= 15 is 0 Å². The van der Waals surface area contributed by atoms with E-state index in [1.807, 2.05) is 30.7 Å². The van der Waals surface area contributed by atoms with Gasteiger partial charge in [-0.15, -0.1) is 0 Å². The van der Waals surface area contributed by atoms with Crippen molar-refractivity contribution >= 4 is 11.8 Å². The van der Waals surface area contributed by atoms with Crippen molar-refractivity contribution in [3.63, 3.8) is 0 Å². The van der Waals surface area contributed by atoms with E-state index in [4.69, 9.17) is 0 Å². The molecule has 1 aromatic carbocycles. The number of carbonyl (C=O) groups excluding carboxylic acids is 2. The smallest absolute Gasteiger partial charge is 0.239 e. The number of rotatable bonds is 6. The first kappa shape index (κ1) is 18.3. The van der Waals surface area contributed by atoms with Crippen molar-refractivity contribution < 1.29 is 14.7 Å². The Balaban J connectivity index is 1.88. The summed E-state index contributed by atoms with van der Waals surface area (Å²) in [5, 5.41) is 12.3. The van der Waals surface area contributed by atoms with Crippen LogP contribution in [0.25, 0.3) is 0 Å². The van der Waals surface area contributed by atoms with Gasteiger partial charge >= 0.3 is 0 Å². The average Bonchev–Trinajstić information content (AvgIpc) is 2.91. The summed E-state index contributed by atoms with van der Waals surface area (Å²) in [6.45, 7) is 6.05. The summed E-state index contributed by atoms with van der Waals surface area (Å²) in [6, 6.07) is 6.45. The van der Waals surface area contributed by atoms with Crippen LogP contribution in [-0.4, -0.2) is 65.5 Å². The molecule has 6 nitrogen and oxygen atoms in total. The summed E-state index contributed by atoms with van der Waals surface area (Å²) < 4.78 is 0. The van der Waals surface area contributed by atoms with E-state index in [0.717, 1.165) is 5.56 Å². The maximum absolute atomic E-state index is 12.5. The Morgan fingerprint density at radius 3 is 2.46 bits per heavy atom. The lowest BCUT2D eigenvalue weighted by Gasteiger charge is -2.26. The molecule has 2 amide bonds. The van der Waals surface area contributed by atoms with E-state index in [1.165, 1.54) is 0 Å². The van der Waals surface area contributed by atoms with E-state index in [9.17, 15) is 14.7 Å². The molecule has 2 atom stereocenters. The van der Waals surface area contributed by atoms with Gasteiger partial charge in [-0.05, 0) is 45.0 Å². The number of nitrogens with one attached hydrogen (secondary N) is 1. The van der Waals surface area contributed by atoms with Gasteiger partial charge in [0.15, 0.2) is 0 Å². The standard InChI is InChI=1S/C18H27N3O3/c1-4-21(5-2)18(24)16-11-14(12-20(16)3)19-17(23)10-13-6-8-15(22)9-7-13/h6-9,14,16,22H,4-5,10-12H2,1-3H3,(H,19,23)/t14-,16+/m1/s1. The fourth-order valence-corrected chi connectivity index (χ4v) is 3.22. The van der Waals surface area contributed by atoms with E-state index in [0.29, 0.717) is 26.1 Å². The van der Waals surface area contributed by atoms with Crippen molar-refractivity contribution in [3.8, 4) is 5.75 Å². The molecule has 1 aliphatic heterocycles. The number of aromatic hydroxyl groups is 1. The highest BCUT2D eigenvalue weighted by atomic mass is 16.3. The van der Waals surface area contributed by atoms with Crippen LogP contribution in [0, 0.1) is 0 Å². The molecule has 24 heavy (non-hydrogen) atoms. The van der Waals surface area contributed by atoms with E-state index < -0.39 is 0 Å². The highest BCUT2D eigenvalue weighted by molar-refractivity contribution is 5.83. The number of phenolic OH excluding ortho intramolecular Hbond substituents is 1. The number of hydrogen-bond acceptors (Lipinski definition) is 4. The Labute approximate surface area is 143 Å². The van der Waals surface area contributed by atoms with Gasteiger partial charge in [0.1, 0.15) is 5.75 Å². The third-order valence-electron chi connectivity index (χ3n) is 4.57. The van der Waals surface area contributed by atoms with Crippen LogP contribution in [0.3, 0.4) is 0 Å². The molecule has 0 saturated carbocycles. The number of phenols is 1. The third-order valence-corrected chi connectivity index (χ3v) is 4.57. The quantitative estimate of drug-likeness (QED) is 0.814. The van der Waals surface area contributed by atoms with Gasteiger partial charge in [0.2, 0.25) is 11.8 Å². The van der Waals surface area contributed by atoms with Crippen LogP contribution in [0.2, 0.25) is 0 Å². The van der Waals surface area contributed by atoms with Gasteiger partial charge in [-0.3, -0.25) is 14.5 Å². The molecular weight excluding hydrogens is 306 g/mol. The second-order valence-electron chi connectivity index (χ2n) is 6.31. The lowest BCUT2D eigenvalue weighted by Crippen LogP contribution is -2.44. The molecule has 2 N–H and O–H groups in total. The second-order valence-corrected chi connectivity index (χ2v) is 6.31. The molecular formula is C18H27N3O3. The molecule has 1 aliphatic rings. The van der Waals surface area contributed by atoms with Gasteiger partial charge in [0.05, 0.1) is 12.5 Å². The summed E-state index contributed by atoms with van der Waals surface area (Å²) in [6.07, 6.45) is 0.919. The minimum absolute atomic E-state index is 0.0101. The van der Waals surface area contributed by atoms with Crippen LogP contribution in [0.4, 0.5) is 0 Å². The number of amides is 2. The second kappa shape index (κ2) is 8.15. The molecule has 1 aromatic rings. The molecule has 132 valence electrons. The number of hydrogen-bond donors (Lipinski definition) is 2. The fraction of sp³-hybridized carbons (Fsp3) is 0.556. The predicted octanol–water partition coefficient (Wildman–Crippen LogP) is 0.992. The zero-order valence-corrected chi connectivity index (χ0v) is 14.7. The lowest BCUT2D eigenvalue weighted by atomic mass is 10.1. The average molecular weight is 333 g/mol. The molecule has 0 radical (unpaired) electrons. The first-order valence-electron chi connectivity index (χ1n) is 8.50. The zero-order chi connectivity index (χ0) is 17.7. The Kier molecular flexibility index (Phi) is 6.20. The normalized spacial score (nSPS) is 20.8. The summed E-state index contributed by atoms with van der Waals surface area (Å²) in [5.74, 6) is 0.266. The van der Waals surface area contributed by atoms with Crippen molar-refractivity contribution in [1.29, 1.82) is 0 Å². The van der Waals surface area contributed by atoms with Crippen LogP contribution in [0.5, 0.6) is 5.75 Å². The maximum atomic E-state index is 12.5. The first-order valence-corrected chi connectivity index (χ1v) is 8.50. The highest BCUT2D eigenvalue weighted by Gasteiger charge is 2.36. The molecule has 0 bridgehead atoms. The first-order chi connectivity index (χ1) is 11.4. The van der Waals surface area contributed by atoms with Gasteiger partial charge < -0.3 is 15.3 Å². The number of carbonyl (C=O) groups is 2. The largest absolute Gasteiger partial charge is 0.508 e. The molecule has 1 saturated heterocycles. The number of benzene rings is 1. The van der Waals surface area contributed by atoms with Gasteiger partial charge in [-0.25, -0.2) is 0 Å². The predicted molar refractivity (Wildman–Crippen MR) is 92.7 cm³/mol. The number of likely N-dealkylation sites (tertiary alicyclic amines) is 1. The van der Waals surface area contributed by atoms with Crippen LogP contribution in [-0.2, 0) is 16.0 Å². The number of likely N-dealkylation sites (N-methyl/N-ethyl adjacent to an activating group) is 2. The summed E-state index contributed by atoms with van der Waals surface area (Å²) >= 11 is 0. The Morgan fingerprint density at radius 2 is 1.88 bits per heavy atom. The lowest BCUT2D eigenvalue weighted by molar-refractivity contribution is -0.135. The molecule has 0 aliphatic carbocycles. The third kappa shape index (κ3) is 4.47. The topological polar surface area (TPSA) is 72.9 Å². The SMILES string of the molecule is CCN(CC)C(=O)[C@@H]1C[C@@H](NC(=O)Cc2ccc(O)cc2)CN1C. The van der Waals surface area contributed by atoms with Crippen LogP contribution < -0.4 is 5.32 Å². The Morgan fingerprint density at radius 1 is 1.25 bits per heavy atom. The minimum Gasteiger partial charge on any atom is -0.508 e. The van der Waals surface area contributed by atoms with Crippen molar-refractivity contribution in [2.24, 2.45) is 0 Å². The van der Waals surface area contributed by atoms with Crippen molar-refractivity contribution in [3.05, 3.63) is 29.8 Å². The van der Waals surface area contributed by atoms with E-state index in [-0.39, 0.29) is 36.1 Å². The Bertz CT molecular complexity index is 569. The monoisotopic (exact) mass is 333 g/mol. The minimum atomic E-state index is -0.163. The van der Waals surface area contributed by atoms with Gasteiger partial charge in [0.25, 0.3) is 0 Å². The van der Waals surface area contributed by atoms with Crippen molar-refractivity contribution in [2.75, 3.05) is 26.7 Å². The molecule has 1 heterocycles. The highest BCUT2D eigenvalue weighted by Crippen LogP contribution is 2.18. The maximum Gasteiger partial charge on any atom is 0.239 e. The van der Waals surface area contributed by atoms with Gasteiger partial charge in [-0.1, -0.05) is 12.1 Å². The van der Waals surface area contributed by atoms with E-state index in [1.54, 1.807) is 24.3 Å². The molecule has 1 fully saturated rings. The molecule has 2 rings (SSSR count). The van der Waals surface area contributed by atoms with Gasteiger partial charge in [0, 0.05) is 25.7 Å². The van der Waals surface area contributed by atoms with Crippen LogP contribution in [0.15, 0.2) is 24.3 Å². The van der Waals surface area contributed by atoms with E-state index in [2.05, 4.69) is 5.32 Å². The molecule has 0 spiro atoms. The van der Waals surface area contributed by atoms with Crippen molar-refractivity contribution in [1.82, 2.24) is 15.1 Å². The molecule has 0 unspecified atom stereocenters. The Hall–Kier alpha value is -2.08. The van der Waals surface area contributed by atoms with Crippen LogP contribution >= 0.6 is 0 Å². The fourth-order valence-electron chi connectivity index (χ4n) is 3.22. The zero-order valence-electron chi connectivity index (χ0n) is 14.7. The van der Waals surface area contributed by atoms with Crippen LogP contribution in [0.1, 0.15) is 25.8 Å². The summed E-state index contributed by atoms with van der Waals surface area (Å²) in [7, 11) is 1.93. The van der Waals surface area contributed by atoms with Crippen molar-refractivity contribution in [2.45, 2.75) is 38.8 Å². The summed E-state index contributed by atoms with van der Waals surface area (Å²) in [5.41, 5.74) is 0.854. The summed E-state index contributed by atoms with van der Waals surface area (Å²) in [4.78, 5) is 28.6. The van der Waals surface area contributed by atoms with Gasteiger partial charge in [-0.2, -0.15) is 0 Å². The number of nitrogens with zero attached hydrogens (tertiary/aromatic N) is 2. The molecule has 0 aromatic heterocycles. The molecule has 6 heteroatoms.